The molecule has 1 N–H and O–H groups in total. The van der Waals surface area contributed by atoms with E-state index < -0.39 is 5.60 Å². The maximum atomic E-state index is 10.8. The Bertz CT molecular complexity index is 653. The van der Waals surface area contributed by atoms with Gasteiger partial charge in [-0.2, -0.15) is 0 Å². The molecule has 0 unspecified atom stereocenters. The van der Waals surface area contributed by atoms with Crippen LogP contribution in [0.5, 0.6) is 0 Å². The Morgan fingerprint density at radius 3 is 2.92 bits per heavy atom. The SMILES string of the molecule is Cc1oc(-c2cccs2)nc1CN1CCC[C@@](O)(CN(C)C)CC1. The van der Waals surface area contributed by atoms with Gasteiger partial charge in [-0.1, -0.05) is 6.07 Å². The molecule has 0 spiro atoms. The van der Waals surface area contributed by atoms with Gasteiger partial charge in [-0.05, 0) is 58.3 Å². The van der Waals surface area contributed by atoms with Crippen LogP contribution < -0.4 is 0 Å². The number of likely N-dealkylation sites (tertiary alicyclic amines) is 1. The molecular weight excluding hydrogens is 322 g/mol. The number of likely N-dealkylation sites (N-methyl/N-ethyl adjacent to an activating group) is 1. The summed E-state index contributed by atoms with van der Waals surface area (Å²) < 4.78 is 5.84. The Morgan fingerprint density at radius 1 is 1.38 bits per heavy atom. The van der Waals surface area contributed by atoms with E-state index in [0.29, 0.717) is 0 Å². The molecule has 0 radical (unpaired) electrons. The summed E-state index contributed by atoms with van der Waals surface area (Å²) >= 11 is 1.65. The Morgan fingerprint density at radius 2 is 2.21 bits per heavy atom. The fourth-order valence-electron chi connectivity index (χ4n) is 3.43. The quantitative estimate of drug-likeness (QED) is 0.899. The molecule has 1 fully saturated rings. The third-order valence-electron chi connectivity index (χ3n) is 4.62. The first-order valence-electron chi connectivity index (χ1n) is 8.55. The summed E-state index contributed by atoms with van der Waals surface area (Å²) in [7, 11) is 4.04. The Balaban J connectivity index is 1.64. The second kappa shape index (κ2) is 7.35. The third-order valence-corrected chi connectivity index (χ3v) is 5.48. The fraction of sp³-hybridized carbons (Fsp3) is 0.611. The molecule has 3 heterocycles. The number of hydrogen-bond acceptors (Lipinski definition) is 6. The highest BCUT2D eigenvalue weighted by Crippen LogP contribution is 2.28. The molecule has 5 nitrogen and oxygen atoms in total. The molecule has 0 aliphatic carbocycles. The zero-order valence-electron chi connectivity index (χ0n) is 14.8. The second-order valence-electron chi connectivity index (χ2n) is 7.09. The maximum Gasteiger partial charge on any atom is 0.236 e. The molecule has 1 aliphatic rings. The Hall–Kier alpha value is -1.21. The summed E-state index contributed by atoms with van der Waals surface area (Å²) in [5.41, 5.74) is 0.440. The molecule has 1 aliphatic heterocycles. The Labute approximate surface area is 147 Å². The van der Waals surface area contributed by atoms with E-state index in [9.17, 15) is 5.11 Å². The van der Waals surface area contributed by atoms with Crippen LogP contribution in [0, 0.1) is 6.92 Å². The van der Waals surface area contributed by atoms with Crippen LogP contribution in [0.25, 0.3) is 10.8 Å². The van der Waals surface area contributed by atoms with Gasteiger partial charge in [0.1, 0.15) is 5.76 Å². The number of rotatable bonds is 5. The van der Waals surface area contributed by atoms with E-state index in [4.69, 9.17) is 9.40 Å². The average molecular weight is 350 g/mol. The molecule has 0 saturated carbocycles. The minimum absolute atomic E-state index is 0.570. The minimum Gasteiger partial charge on any atom is -0.440 e. The van der Waals surface area contributed by atoms with E-state index in [1.54, 1.807) is 11.3 Å². The van der Waals surface area contributed by atoms with Gasteiger partial charge in [-0.25, -0.2) is 4.98 Å². The number of nitrogens with zero attached hydrogens (tertiary/aromatic N) is 3. The second-order valence-corrected chi connectivity index (χ2v) is 8.04. The molecular formula is C18H27N3O2S. The predicted molar refractivity (Wildman–Crippen MR) is 97.2 cm³/mol. The summed E-state index contributed by atoms with van der Waals surface area (Å²) in [5.74, 6) is 1.61. The molecule has 24 heavy (non-hydrogen) atoms. The summed E-state index contributed by atoms with van der Waals surface area (Å²) in [6.07, 6.45) is 2.68. The summed E-state index contributed by atoms with van der Waals surface area (Å²) in [6, 6.07) is 4.05. The van der Waals surface area contributed by atoms with Crippen LogP contribution in [-0.4, -0.2) is 59.2 Å². The van der Waals surface area contributed by atoms with Crippen molar-refractivity contribution in [2.45, 2.75) is 38.3 Å². The van der Waals surface area contributed by atoms with Gasteiger partial charge in [0, 0.05) is 19.6 Å². The number of oxazole rings is 1. The van der Waals surface area contributed by atoms with Crippen molar-refractivity contribution in [2.24, 2.45) is 0 Å². The molecule has 3 rings (SSSR count). The number of aryl methyl sites for hydroxylation is 1. The summed E-state index contributed by atoms with van der Waals surface area (Å²) in [5, 5.41) is 12.8. The van der Waals surface area contributed by atoms with Crippen molar-refractivity contribution in [3.8, 4) is 10.8 Å². The van der Waals surface area contributed by atoms with Crippen molar-refractivity contribution in [1.82, 2.24) is 14.8 Å². The van der Waals surface area contributed by atoms with Gasteiger partial charge in [0.25, 0.3) is 0 Å². The van der Waals surface area contributed by atoms with Crippen LogP contribution >= 0.6 is 11.3 Å². The first kappa shape index (κ1) is 17.6. The van der Waals surface area contributed by atoms with E-state index in [-0.39, 0.29) is 0 Å². The monoisotopic (exact) mass is 349 g/mol. The molecule has 132 valence electrons. The first-order valence-corrected chi connectivity index (χ1v) is 9.43. The van der Waals surface area contributed by atoms with Crippen LogP contribution in [-0.2, 0) is 6.54 Å². The van der Waals surface area contributed by atoms with Crippen molar-refractivity contribution in [2.75, 3.05) is 33.7 Å². The largest absolute Gasteiger partial charge is 0.440 e. The van der Waals surface area contributed by atoms with E-state index in [0.717, 1.165) is 67.7 Å². The Kier molecular flexibility index (Phi) is 5.39. The topological polar surface area (TPSA) is 52.7 Å². The van der Waals surface area contributed by atoms with E-state index in [1.165, 1.54) is 0 Å². The number of hydrogen-bond donors (Lipinski definition) is 1. The van der Waals surface area contributed by atoms with Gasteiger partial charge in [-0.3, -0.25) is 4.90 Å². The van der Waals surface area contributed by atoms with Crippen LogP contribution in [0.1, 0.15) is 30.7 Å². The number of aromatic nitrogens is 1. The first-order chi connectivity index (χ1) is 11.5. The molecule has 1 atom stereocenters. The van der Waals surface area contributed by atoms with E-state index >= 15 is 0 Å². The van der Waals surface area contributed by atoms with Gasteiger partial charge < -0.3 is 14.4 Å². The molecule has 1 saturated heterocycles. The molecule has 0 aromatic carbocycles. The van der Waals surface area contributed by atoms with E-state index in [1.807, 2.05) is 38.5 Å². The van der Waals surface area contributed by atoms with Gasteiger partial charge >= 0.3 is 0 Å². The van der Waals surface area contributed by atoms with Crippen molar-refractivity contribution >= 4 is 11.3 Å². The smallest absolute Gasteiger partial charge is 0.236 e. The number of thiophene rings is 1. The minimum atomic E-state index is -0.570. The molecule has 2 aromatic heterocycles. The van der Waals surface area contributed by atoms with E-state index in [2.05, 4.69) is 9.80 Å². The highest BCUT2D eigenvalue weighted by atomic mass is 32.1. The standard InChI is InChI=1S/C18H27N3O2S/c1-14-15(19-17(23-14)16-6-4-11-24-16)12-21-9-5-7-18(22,8-10-21)13-20(2)3/h4,6,11,22H,5,7-10,12-13H2,1-3H3/t18-/m0/s1. The highest BCUT2D eigenvalue weighted by Gasteiger charge is 2.31. The highest BCUT2D eigenvalue weighted by molar-refractivity contribution is 7.13. The van der Waals surface area contributed by atoms with Crippen LogP contribution in [0.3, 0.4) is 0 Å². The zero-order valence-corrected chi connectivity index (χ0v) is 15.6. The predicted octanol–water partition coefficient (Wildman–Crippen LogP) is 2.99. The van der Waals surface area contributed by atoms with Crippen LogP contribution in [0.4, 0.5) is 0 Å². The van der Waals surface area contributed by atoms with Gasteiger partial charge in [0.15, 0.2) is 0 Å². The molecule has 2 aromatic rings. The third kappa shape index (κ3) is 4.25. The molecule has 6 heteroatoms. The van der Waals surface area contributed by atoms with Gasteiger partial charge in [0.05, 0.1) is 16.2 Å². The summed E-state index contributed by atoms with van der Waals surface area (Å²) in [6.45, 7) is 5.39. The zero-order chi connectivity index (χ0) is 17.2. The summed E-state index contributed by atoms with van der Waals surface area (Å²) in [4.78, 5) is 10.2. The molecule has 0 amide bonds. The lowest BCUT2D eigenvalue weighted by molar-refractivity contribution is 0.00255. The van der Waals surface area contributed by atoms with Crippen molar-refractivity contribution < 1.29 is 9.52 Å². The maximum absolute atomic E-state index is 10.8. The number of aliphatic hydroxyl groups is 1. The lowest BCUT2D eigenvalue weighted by atomic mass is 9.94. The fourth-order valence-corrected chi connectivity index (χ4v) is 4.08. The van der Waals surface area contributed by atoms with Crippen LogP contribution in [0.15, 0.2) is 21.9 Å². The van der Waals surface area contributed by atoms with Crippen molar-refractivity contribution in [3.05, 3.63) is 29.0 Å². The van der Waals surface area contributed by atoms with Crippen LogP contribution in [0.2, 0.25) is 0 Å². The molecule has 0 bridgehead atoms. The van der Waals surface area contributed by atoms with Crippen molar-refractivity contribution in [3.63, 3.8) is 0 Å². The normalized spacial score (nSPS) is 22.9. The van der Waals surface area contributed by atoms with Gasteiger partial charge in [-0.15, -0.1) is 11.3 Å². The lowest BCUT2D eigenvalue weighted by Gasteiger charge is -2.30. The van der Waals surface area contributed by atoms with Crippen molar-refractivity contribution in [1.29, 1.82) is 0 Å². The van der Waals surface area contributed by atoms with Gasteiger partial charge in [0.2, 0.25) is 5.89 Å². The lowest BCUT2D eigenvalue weighted by Crippen LogP contribution is -2.40. The average Bonchev–Trinajstić information content (AvgIpc) is 3.10.